The van der Waals surface area contributed by atoms with E-state index >= 15 is 0 Å². The van der Waals surface area contributed by atoms with Crippen molar-refractivity contribution in [2.45, 2.75) is 11.5 Å². The minimum Gasteiger partial charge on any atom is -0.0890 e. The smallest absolute Gasteiger partial charge is 0.0423 e. The first-order chi connectivity index (χ1) is 9.52. The summed E-state index contributed by atoms with van der Waals surface area (Å²) >= 11 is 23.9. The van der Waals surface area contributed by atoms with Crippen molar-refractivity contribution in [2.75, 3.05) is 0 Å². The third kappa shape index (κ3) is 5.59. The SMILES string of the molecule is Clc1cc(Cl)cc(CSSCc2cc(Cl)cc(Cl)c2)c1. The van der Waals surface area contributed by atoms with Gasteiger partial charge in [-0.25, -0.2) is 0 Å². The van der Waals surface area contributed by atoms with E-state index in [1.165, 1.54) is 0 Å². The van der Waals surface area contributed by atoms with E-state index in [2.05, 4.69) is 0 Å². The first-order valence-electron chi connectivity index (χ1n) is 5.67. The molecule has 0 spiro atoms. The molecular formula is C14H10Cl4S2. The van der Waals surface area contributed by atoms with Gasteiger partial charge in [0.25, 0.3) is 0 Å². The molecule has 0 saturated heterocycles. The van der Waals surface area contributed by atoms with Gasteiger partial charge in [0.05, 0.1) is 0 Å². The van der Waals surface area contributed by atoms with Crippen LogP contribution >= 0.6 is 68.0 Å². The topological polar surface area (TPSA) is 0 Å². The van der Waals surface area contributed by atoms with E-state index in [9.17, 15) is 0 Å². The summed E-state index contributed by atoms with van der Waals surface area (Å²) in [7, 11) is 3.49. The fourth-order valence-electron chi connectivity index (χ4n) is 1.61. The summed E-state index contributed by atoms with van der Waals surface area (Å²) in [6.45, 7) is 0. The van der Waals surface area contributed by atoms with Gasteiger partial charge in [-0.05, 0) is 47.5 Å². The Morgan fingerprint density at radius 3 is 1.15 bits per heavy atom. The van der Waals surface area contributed by atoms with Crippen molar-refractivity contribution in [2.24, 2.45) is 0 Å². The first-order valence-corrected chi connectivity index (χ1v) is 9.67. The molecule has 0 amide bonds. The number of halogens is 4. The van der Waals surface area contributed by atoms with Crippen LogP contribution in [-0.4, -0.2) is 0 Å². The molecule has 6 heteroatoms. The van der Waals surface area contributed by atoms with Crippen molar-refractivity contribution < 1.29 is 0 Å². The third-order valence-corrected chi connectivity index (χ3v) is 5.53. The van der Waals surface area contributed by atoms with Crippen LogP contribution in [0.25, 0.3) is 0 Å². The maximum absolute atomic E-state index is 5.96. The maximum Gasteiger partial charge on any atom is 0.0423 e. The van der Waals surface area contributed by atoms with Crippen molar-refractivity contribution in [3.05, 3.63) is 67.6 Å². The summed E-state index contributed by atoms with van der Waals surface area (Å²) in [5.74, 6) is 1.69. The number of hydrogen-bond acceptors (Lipinski definition) is 2. The molecule has 0 N–H and O–H groups in total. The molecule has 0 unspecified atom stereocenters. The Hall–Kier alpha value is 0.300. The molecule has 0 aliphatic heterocycles. The van der Waals surface area contributed by atoms with Gasteiger partial charge in [0.15, 0.2) is 0 Å². The lowest BCUT2D eigenvalue weighted by molar-refractivity contribution is 1.42. The summed E-state index contributed by atoms with van der Waals surface area (Å²) in [6.07, 6.45) is 0. The normalized spacial score (nSPS) is 10.8. The molecule has 2 aromatic rings. The average molecular weight is 384 g/mol. The molecule has 0 bridgehead atoms. The fourth-order valence-corrected chi connectivity index (χ4v) is 4.84. The van der Waals surface area contributed by atoms with E-state index in [0.29, 0.717) is 20.1 Å². The van der Waals surface area contributed by atoms with Crippen LogP contribution in [0, 0.1) is 0 Å². The number of benzene rings is 2. The highest BCUT2D eigenvalue weighted by Gasteiger charge is 2.02. The number of hydrogen-bond donors (Lipinski definition) is 0. The molecule has 0 heterocycles. The molecule has 0 fully saturated rings. The van der Waals surface area contributed by atoms with Crippen molar-refractivity contribution in [3.8, 4) is 0 Å². The van der Waals surface area contributed by atoms with Gasteiger partial charge >= 0.3 is 0 Å². The summed E-state index contributed by atoms with van der Waals surface area (Å²) in [5, 5.41) is 2.67. The van der Waals surface area contributed by atoms with Gasteiger partial charge in [-0.2, -0.15) is 0 Å². The van der Waals surface area contributed by atoms with E-state index in [4.69, 9.17) is 46.4 Å². The molecule has 0 atom stereocenters. The lowest BCUT2D eigenvalue weighted by Crippen LogP contribution is -1.81. The Balaban J connectivity index is 1.84. The number of rotatable bonds is 5. The van der Waals surface area contributed by atoms with Crippen LogP contribution in [0.5, 0.6) is 0 Å². The van der Waals surface area contributed by atoms with E-state index in [-0.39, 0.29) is 0 Å². The summed E-state index contributed by atoms with van der Waals surface area (Å²) in [5.41, 5.74) is 2.23. The van der Waals surface area contributed by atoms with Crippen molar-refractivity contribution in [3.63, 3.8) is 0 Å². The first kappa shape index (κ1) is 16.7. The van der Waals surface area contributed by atoms with Gasteiger partial charge in [-0.3, -0.25) is 0 Å². The zero-order valence-electron chi connectivity index (χ0n) is 10.2. The van der Waals surface area contributed by atoms with Gasteiger partial charge in [-0.1, -0.05) is 68.0 Å². The van der Waals surface area contributed by atoms with Crippen LogP contribution in [0.1, 0.15) is 11.1 Å². The fraction of sp³-hybridized carbons (Fsp3) is 0.143. The molecule has 0 aliphatic carbocycles. The van der Waals surface area contributed by atoms with Crippen molar-refractivity contribution in [1.82, 2.24) is 0 Å². The highest BCUT2D eigenvalue weighted by Crippen LogP contribution is 2.32. The highest BCUT2D eigenvalue weighted by molar-refractivity contribution is 8.76. The molecule has 106 valence electrons. The second kappa shape index (κ2) is 8.07. The standard InChI is InChI=1S/C14H10Cl4S2/c15-11-1-9(2-12(16)5-11)7-19-20-8-10-3-13(17)6-14(18)4-10/h1-6H,7-8H2. The molecule has 20 heavy (non-hydrogen) atoms. The second-order valence-corrected chi connectivity index (χ2v) is 8.29. The minimum absolute atomic E-state index is 0.666. The van der Waals surface area contributed by atoms with E-state index in [1.54, 1.807) is 33.7 Å². The Kier molecular flexibility index (Phi) is 6.73. The van der Waals surface area contributed by atoms with Gasteiger partial charge in [0, 0.05) is 31.6 Å². The Bertz CT molecular complexity index is 508. The Morgan fingerprint density at radius 2 is 0.850 bits per heavy atom. The van der Waals surface area contributed by atoms with Gasteiger partial charge in [0.1, 0.15) is 0 Å². The molecule has 0 saturated carbocycles. The third-order valence-electron chi connectivity index (χ3n) is 2.38. The zero-order valence-corrected chi connectivity index (χ0v) is 14.9. The predicted octanol–water partition coefficient (Wildman–Crippen LogP) is 7.38. The predicted molar refractivity (Wildman–Crippen MR) is 95.5 cm³/mol. The second-order valence-electron chi connectivity index (χ2n) is 4.08. The maximum atomic E-state index is 5.96. The van der Waals surface area contributed by atoms with E-state index in [0.717, 1.165) is 22.6 Å². The van der Waals surface area contributed by atoms with Crippen molar-refractivity contribution >= 4 is 68.0 Å². The Labute approximate surface area is 146 Å². The van der Waals surface area contributed by atoms with Gasteiger partial charge < -0.3 is 0 Å². The molecular weight excluding hydrogens is 374 g/mol. The monoisotopic (exact) mass is 382 g/mol. The minimum atomic E-state index is 0.666. The van der Waals surface area contributed by atoms with Gasteiger partial charge in [-0.15, -0.1) is 0 Å². The Morgan fingerprint density at radius 1 is 0.550 bits per heavy atom. The van der Waals surface area contributed by atoms with Crippen LogP contribution in [0.15, 0.2) is 36.4 Å². The van der Waals surface area contributed by atoms with Crippen LogP contribution in [-0.2, 0) is 11.5 Å². The van der Waals surface area contributed by atoms with E-state index < -0.39 is 0 Å². The quantitative estimate of drug-likeness (QED) is 0.390. The molecule has 0 radical (unpaired) electrons. The lowest BCUT2D eigenvalue weighted by atomic mass is 10.2. The lowest BCUT2D eigenvalue weighted by Gasteiger charge is -2.04. The van der Waals surface area contributed by atoms with Crippen LogP contribution in [0.4, 0.5) is 0 Å². The summed E-state index contributed by atoms with van der Waals surface area (Å²) in [4.78, 5) is 0. The molecule has 0 aromatic heterocycles. The molecule has 2 rings (SSSR count). The largest absolute Gasteiger partial charge is 0.0890 e. The van der Waals surface area contributed by atoms with Gasteiger partial charge in [0.2, 0.25) is 0 Å². The zero-order chi connectivity index (χ0) is 14.5. The van der Waals surface area contributed by atoms with Crippen LogP contribution < -0.4 is 0 Å². The molecule has 2 aromatic carbocycles. The van der Waals surface area contributed by atoms with E-state index in [1.807, 2.05) is 24.3 Å². The summed E-state index contributed by atoms with van der Waals surface area (Å²) in [6, 6.07) is 11.2. The van der Waals surface area contributed by atoms with Crippen LogP contribution in [0.2, 0.25) is 20.1 Å². The summed E-state index contributed by atoms with van der Waals surface area (Å²) < 4.78 is 0. The van der Waals surface area contributed by atoms with Crippen LogP contribution in [0.3, 0.4) is 0 Å². The average Bonchev–Trinajstić information content (AvgIpc) is 2.32. The van der Waals surface area contributed by atoms with Crippen molar-refractivity contribution in [1.29, 1.82) is 0 Å². The highest BCUT2D eigenvalue weighted by atomic mass is 35.5. The molecule has 0 aliphatic rings. The molecule has 0 nitrogen and oxygen atoms in total.